The number of aromatic nitrogens is 8. The molecule has 0 fully saturated rings. The van der Waals surface area contributed by atoms with Gasteiger partial charge in [0.15, 0.2) is 0 Å². The highest BCUT2D eigenvalue weighted by molar-refractivity contribution is 6.40. The van der Waals surface area contributed by atoms with Crippen LogP contribution in [0.2, 0.25) is 0 Å². The topological polar surface area (TPSA) is 70.2 Å². The highest BCUT2D eigenvalue weighted by atomic mass is 15.2. The van der Waals surface area contributed by atoms with Crippen LogP contribution in [0.5, 0.6) is 0 Å². The molecule has 0 amide bonds. The molecule has 0 aliphatic rings. The minimum atomic E-state index is 0.619. The van der Waals surface area contributed by atoms with Gasteiger partial charge in [-0.3, -0.25) is 9.13 Å². The lowest BCUT2D eigenvalue weighted by molar-refractivity contribution is 1.02. The number of para-hydroxylation sites is 3. The van der Waals surface area contributed by atoms with Crippen molar-refractivity contribution in [2.24, 2.45) is 0 Å². The van der Waals surface area contributed by atoms with Gasteiger partial charge in [-0.1, -0.05) is 261 Å². The van der Waals surface area contributed by atoms with Crippen LogP contribution in [-0.2, 0) is 0 Å². The Morgan fingerprint density at radius 3 is 1.15 bits per heavy atom. The van der Waals surface area contributed by atoms with E-state index < -0.39 is 0 Å². The molecule has 0 N–H and O–H groups in total. The summed E-state index contributed by atoms with van der Waals surface area (Å²) in [6.45, 7) is 0. The monoisotopic (exact) mass is 1390 g/mol. The first-order valence-electron chi connectivity index (χ1n) is 37.8. The lowest BCUT2D eigenvalue weighted by atomic mass is 9.94. The molecule has 0 bridgehead atoms. The third kappa shape index (κ3) is 7.76. The van der Waals surface area contributed by atoms with Crippen LogP contribution in [-0.4, -0.2) is 37.9 Å². The molecule has 0 spiro atoms. The van der Waals surface area contributed by atoms with E-state index in [0.29, 0.717) is 11.9 Å². The van der Waals surface area contributed by atoms with Gasteiger partial charge in [0.1, 0.15) is 0 Å². The maximum absolute atomic E-state index is 5.94. The summed E-state index contributed by atoms with van der Waals surface area (Å²) >= 11 is 0. The van der Waals surface area contributed by atoms with Crippen molar-refractivity contribution in [1.29, 1.82) is 0 Å². The number of hydrogen-bond donors (Lipinski definition) is 0. The molecule has 8 nitrogen and oxygen atoms in total. The van der Waals surface area contributed by atoms with Gasteiger partial charge < -0.3 is 8.80 Å². The fourth-order valence-corrected chi connectivity index (χ4v) is 19.6. The van der Waals surface area contributed by atoms with E-state index in [1.54, 1.807) is 0 Å². The molecule has 0 unspecified atom stereocenters. The average Bonchev–Trinajstić information content (AvgIpc) is 1.51. The Bertz CT molecular complexity index is 8590. The van der Waals surface area contributed by atoms with E-state index in [2.05, 4.69) is 358 Å². The summed E-state index contributed by atoms with van der Waals surface area (Å²) in [6, 6.07) is 125. The molecule has 8 aromatic heterocycles. The normalized spacial score (nSPS) is 12.5. The largest absolute Gasteiger partial charge is 0.308 e. The second-order valence-electron chi connectivity index (χ2n) is 29.9. The number of fused-ring (bicyclic) bond motifs is 31. The molecule has 0 saturated heterocycles. The van der Waals surface area contributed by atoms with Crippen LogP contribution in [0.3, 0.4) is 0 Å². The molecule has 110 heavy (non-hydrogen) atoms. The zero-order chi connectivity index (χ0) is 71.3. The molecule has 8 heteroatoms. The van der Waals surface area contributed by atoms with Crippen molar-refractivity contribution in [3.05, 3.63) is 340 Å². The molecule has 0 aliphatic carbocycles. The molecule has 18 aromatic carbocycles. The van der Waals surface area contributed by atoms with Gasteiger partial charge in [-0.25, -0.2) is 19.9 Å². The summed E-state index contributed by atoms with van der Waals surface area (Å²) in [5.74, 6) is 1.24. The zero-order valence-corrected chi connectivity index (χ0v) is 58.9. The Morgan fingerprint density at radius 1 is 0.173 bits per heavy atom. The van der Waals surface area contributed by atoms with Gasteiger partial charge in [-0.15, -0.1) is 0 Å². The second-order valence-corrected chi connectivity index (χ2v) is 29.9. The van der Waals surface area contributed by atoms with E-state index in [9.17, 15) is 0 Å². The molecule has 0 aliphatic heterocycles. The van der Waals surface area contributed by atoms with Crippen molar-refractivity contribution < 1.29 is 0 Å². The quantitative estimate of drug-likeness (QED) is 0.156. The Morgan fingerprint density at radius 2 is 0.555 bits per heavy atom. The van der Waals surface area contributed by atoms with Crippen LogP contribution in [0.1, 0.15) is 0 Å². The minimum absolute atomic E-state index is 0.619. The van der Waals surface area contributed by atoms with Gasteiger partial charge in [0.2, 0.25) is 11.9 Å². The average molecular weight is 1390 g/mol. The van der Waals surface area contributed by atoms with Crippen molar-refractivity contribution in [3.63, 3.8) is 0 Å². The highest BCUT2D eigenvalue weighted by Gasteiger charge is 2.30. The first-order valence-corrected chi connectivity index (χ1v) is 37.8. The van der Waals surface area contributed by atoms with Crippen LogP contribution >= 0.6 is 0 Å². The summed E-state index contributed by atoms with van der Waals surface area (Å²) in [5, 5.41) is 28.0. The minimum Gasteiger partial charge on any atom is -0.308 e. The smallest absolute Gasteiger partial charge is 0.235 e. The van der Waals surface area contributed by atoms with Gasteiger partial charge in [0.05, 0.1) is 77.6 Å². The van der Waals surface area contributed by atoms with Crippen LogP contribution in [0.25, 0.3) is 252 Å². The number of hydrogen-bond acceptors (Lipinski definition) is 4. The Labute approximate surface area is 625 Å². The number of benzene rings is 18. The Kier molecular flexibility index (Phi) is 11.4. The molecule has 8 heterocycles. The van der Waals surface area contributed by atoms with E-state index in [1.807, 2.05) is 0 Å². The molecule has 0 radical (unpaired) electrons. The summed E-state index contributed by atoms with van der Waals surface area (Å²) in [4.78, 5) is 23.3. The lowest BCUT2D eigenvalue weighted by Gasteiger charge is -2.15. The first-order chi connectivity index (χ1) is 54.6. The van der Waals surface area contributed by atoms with Crippen molar-refractivity contribution >= 4 is 195 Å². The van der Waals surface area contributed by atoms with Gasteiger partial charge in [-0.2, -0.15) is 0 Å². The summed E-state index contributed by atoms with van der Waals surface area (Å²) in [6.07, 6.45) is 0. The zero-order valence-electron chi connectivity index (χ0n) is 58.9. The van der Waals surface area contributed by atoms with Gasteiger partial charge >= 0.3 is 0 Å². The third-order valence-electron chi connectivity index (χ3n) is 24.3. The summed E-state index contributed by atoms with van der Waals surface area (Å²) < 4.78 is 9.73. The summed E-state index contributed by atoms with van der Waals surface area (Å²) in [5.41, 5.74) is 21.5. The fraction of sp³-hybridized carbons (Fsp3) is 0. The molecule has 0 atom stereocenters. The van der Waals surface area contributed by atoms with Crippen LogP contribution in [0.15, 0.2) is 340 Å². The van der Waals surface area contributed by atoms with Gasteiger partial charge in [-0.05, 0) is 155 Å². The van der Waals surface area contributed by atoms with Crippen molar-refractivity contribution in [2.45, 2.75) is 0 Å². The number of rotatable bonds is 6. The molecule has 504 valence electrons. The van der Waals surface area contributed by atoms with Crippen molar-refractivity contribution in [3.8, 4) is 56.7 Å². The Hall–Kier alpha value is -14.9. The molecule has 26 rings (SSSR count). The number of nitrogens with zero attached hydrogens (tertiary/aromatic N) is 8. The first kappa shape index (κ1) is 58.4. The SMILES string of the molecule is c1ccc(-c2ccc(-c3nc(-n4c5ccc6ccccc6c5c5c6c7cc(-c8ccc9c(ccc%10nc(-n%11c%12ccc%13ccccc%13c%12c%12c%13c%14ccccc%14n%14c%15ccccc%15c(cc%12%11)c%13%14)nc(-c%11ccc%12ccccc%12c%11)c%109)c8)ccc7n7c8ccccc8c(cc54)c67)nc4ccc5ccccc5c34)cc2)cc1. The molecule has 0 saturated carbocycles. The van der Waals surface area contributed by atoms with E-state index in [-0.39, 0.29) is 0 Å². The summed E-state index contributed by atoms with van der Waals surface area (Å²) in [7, 11) is 0. The predicted molar refractivity (Wildman–Crippen MR) is 460 cm³/mol. The van der Waals surface area contributed by atoms with E-state index in [0.717, 1.165) is 116 Å². The third-order valence-corrected chi connectivity index (χ3v) is 24.3. The van der Waals surface area contributed by atoms with Crippen LogP contribution < -0.4 is 0 Å². The standard InChI is InChI=1S/C102H56N8/c1-2-18-57(19-3-1)59-34-37-63(38-35-59)97-89-69-25-9-6-21-60(69)41-47-79(89)103-101(105-97)110-86-51-44-62-23-8-11-27-71(62)92(86)96-88(110)56-77-74-29-13-16-32-82(74)108-84-49-45-66(54-78(84)94(96)100(77)108)65-40-46-72-67(52-65)42-48-80-90(72)98(68-39-36-58-20-4-5-24-64(58)53-68)106-102(104-80)109-85-50-43-61-22-7-10-26-70(61)91(85)95-87(109)55-76-73-28-12-15-31-81(73)107-83-33-17-14-30-75(83)93(95)99(76)107/h1-56H. The van der Waals surface area contributed by atoms with Crippen LogP contribution in [0, 0.1) is 0 Å². The van der Waals surface area contributed by atoms with Crippen molar-refractivity contribution in [1.82, 2.24) is 37.9 Å². The van der Waals surface area contributed by atoms with Gasteiger partial charge in [0.25, 0.3) is 0 Å². The van der Waals surface area contributed by atoms with Crippen molar-refractivity contribution in [2.75, 3.05) is 0 Å². The molecular weight excluding hydrogens is 1340 g/mol. The Balaban J connectivity index is 0.708. The highest BCUT2D eigenvalue weighted by Crippen LogP contribution is 2.52. The van der Waals surface area contributed by atoms with E-state index >= 15 is 0 Å². The maximum Gasteiger partial charge on any atom is 0.235 e. The van der Waals surface area contributed by atoms with Crippen LogP contribution in [0.4, 0.5) is 0 Å². The maximum atomic E-state index is 5.94. The second kappa shape index (κ2) is 21.4. The molecular formula is C102H56N8. The van der Waals surface area contributed by atoms with E-state index in [1.165, 1.54) is 125 Å². The fourth-order valence-electron chi connectivity index (χ4n) is 19.6. The van der Waals surface area contributed by atoms with E-state index in [4.69, 9.17) is 19.9 Å². The predicted octanol–water partition coefficient (Wildman–Crippen LogP) is 26.5. The molecule has 26 aromatic rings. The van der Waals surface area contributed by atoms with Gasteiger partial charge in [0, 0.05) is 86.5 Å². The lowest BCUT2D eigenvalue weighted by Crippen LogP contribution is -2.04.